The summed E-state index contributed by atoms with van der Waals surface area (Å²) in [5.74, 6) is 2.01. The first kappa shape index (κ1) is 19.9. The fourth-order valence-corrected chi connectivity index (χ4v) is 8.16. The molecule has 4 aliphatic rings. The Hall–Kier alpha value is -1.02. The molecule has 2 heteroatoms. The van der Waals surface area contributed by atoms with Gasteiger partial charge in [0.05, 0.1) is 7.11 Å². The number of methoxy groups -OCH3 is 1. The van der Waals surface area contributed by atoms with Crippen LogP contribution in [0.1, 0.15) is 95.1 Å². The number of fused-ring (bicyclic) bond motifs is 1. The van der Waals surface area contributed by atoms with Gasteiger partial charge in [-0.15, -0.1) is 0 Å². The zero-order valence-electron chi connectivity index (χ0n) is 18.8. The molecule has 3 fully saturated rings. The molecule has 3 atom stereocenters. The van der Waals surface area contributed by atoms with Gasteiger partial charge in [0.15, 0.2) is 0 Å². The van der Waals surface area contributed by atoms with Crippen LogP contribution in [-0.2, 0) is 11.8 Å². The molecule has 0 aromatic heterocycles. The second-order valence-electron chi connectivity index (χ2n) is 10.7. The van der Waals surface area contributed by atoms with Crippen LogP contribution >= 0.6 is 0 Å². The molecule has 1 aromatic carbocycles. The van der Waals surface area contributed by atoms with Gasteiger partial charge in [0.1, 0.15) is 5.75 Å². The third-order valence-electron chi connectivity index (χ3n) is 9.74. The lowest BCUT2D eigenvalue weighted by Gasteiger charge is -2.65. The van der Waals surface area contributed by atoms with E-state index in [9.17, 15) is 0 Å². The third-order valence-corrected chi connectivity index (χ3v) is 9.74. The van der Waals surface area contributed by atoms with Crippen molar-refractivity contribution in [2.24, 2.45) is 11.3 Å². The summed E-state index contributed by atoms with van der Waals surface area (Å²) in [4.78, 5) is 2.95. The molecule has 3 unspecified atom stereocenters. The smallest absolute Gasteiger partial charge is 0.119 e. The number of benzene rings is 1. The average molecular weight is 396 g/mol. The number of nitrogens with zero attached hydrogens (tertiary/aromatic N) is 1. The molecule has 3 aliphatic carbocycles. The highest BCUT2D eigenvalue weighted by Crippen LogP contribution is 2.64. The number of rotatable bonds is 3. The quantitative estimate of drug-likeness (QED) is 0.541. The molecule has 0 N–H and O–H groups in total. The maximum atomic E-state index is 5.68. The normalized spacial score (nSPS) is 35.9. The first-order valence-electron chi connectivity index (χ1n) is 12.6. The molecule has 0 spiro atoms. The molecule has 160 valence electrons. The summed E-state index contributed by atoms with van der Waals surface area (Å²) < 4.78 is 5.68. The number of hydrogen-bond donors (Lipinski definition) is 0. The standard InChI is InChI=1S/C27H41NO/c1-21-26-14-7-8-15-27(26,25-19-24(29-2)12-11-23(25)13-16-26)17-18-28(21)20-22-9-5-3-4-6-10-22/h11-12,19,21-22H,3-10,13-18,20H2,1-2H3. The SMILES string of the molecule is COc1ccc2c(c1)C13CCCCC1(CC2)C(C)N(CC1CCCCCC1)CC3. The van der Waals surface area contributed by atoms with Crippen molar-refractivity contribution in [3.63, 3.8) is 0 Å². The van der Waals surface area contributed by atoms with Crippen LogP contribution in [0.2, 0.25) is 0 Å². The van der Waals surface area contributed by atoms with E-state index in [1.54, 1.807) is 11.1 Å². The lowest BCUT2D eigenvalue weighted by molar-refractivity contribution is -0.0946. The van der Waals surface area contributed by atoms with E-state index in [4.69, 9.17) is 4.74 Å². The first-order chi connectivity index (χ1) is 14.2. The molecule has 2 saturated carbocycles. The minimum atomic E-state index is 0.396. The lowest BCUT2D eigenvalue weighted by Crippen LogP contribution is -2.66. The minimum absolute atomic E-state index is 0.396. The Labute approximate surface area is 178 Å². The van der Waals surface area contributed by atoms with Crippen molar-refractivity contribution in [2.75, 3.05) is 20.2 Å². The topological polar surface area (TPSA) is 12.5 Å². The van der Waals surface area contributed by atoms with Gasteiger partial charge in [-0.25, -0.2) is 0 Å². The molecule has 1 aliphatic heterocycles. The van der Waals surface area contributed by atoms with Crippen LogP contribution in [0.3, 0.4) is 0 Å². The molecule has 1 heterocycles. The predicted octanol–water partition coefficient (Wildman–Crippen LogP) is 6.50. The highest BCUT2D eigenvalue weighted by Gasteiger charge is 2.61. The van der Waals surface area contributed by atoms with Crippen molar-refractivity contribution in [2.45, 2.75) is 102 Å². The Morgan fingerprint density at radius 2 is 1.76 bits per heavy atom. The minimum Gasteiger partial charge on any atom is -0.497 e. The van der Waals surface area contributed by atoms with E-state index < -0.39 is 0 Å². The summed E-state index contributed by atoms with van der Waals surface area (Å²) in [7, 11) is 1.83. The molecular formula is C27H41NO. The molecule has 0 bridgehead atoms. The van der Waals surface area contributed by atoms with Crippen LogP contribution in [0.25, 0.3) is 0 Å². The summed E-state index contributed by atoms with van der Waals surface area (Å²) in [6.45, 7) is 5.28. The van der Waals surface area contributed by atoms with Crippen molar-refractivity contribution in [3.05, 3.63) is 29.3 Å². The van der Waals surface area contributed by atoms with E-state index in [2.05, 4.69) is 30.0 Å². The van der Waals surface area contributed by atoms with Gasteiger partial charge in [0.25, 0.3) is 0 Å². The largest absolute Gasteiger partial charge is 0.497 e. The highest BCUT2D eigenvalue weighted by molar-refractivity contribution is 5.46. The first-order valence-corrected chi connectivity index (χ1v) is 12.6. The Balaban J connectivity index is 1.47. The fourth-order valence-electron chi connectivity index (χ4n) is 8.16. The summed E-state index contributed by atoms with van der Waals surface area (Å²) >= 11 is 0. The van der Waals surface area contributed by atoms with Crippen molar-refractivity contribution in [3.8, 4) is 5.75 Å². The highest BCUT2D eigenvalue weighted by atomic mass is 16.5. The number of ether oxygens (including phenoxy) is 1. The van der Waals surface area contributed by atoms with Gasteiger partial charge < -0.3 is 4.74 Å². The summed E-state index contributed by atoms with van der Waals surface area (Å²) in [5.41, 5.74) is 4.16. The molecule has 5 rings (SSSR count). The Kier molecular flexibility index (Phi) is 5.43. The van der Waals surface area contributed by atoms with E-state index in [1.807, 2.05) is 7.11 Å². The second-order valence-corrected chi connectivity index (χ2v) is 10.7. The molecule has 0 radical (unpaired) electrons. The zero-order chi connectivity index (χ0) is 19.9. The number of piperidine rings is 1. The van der Waals surface area contributed by atoms with Crippen LogP contribution in [0.15, 0.2) is 18.2 Å². The van der Waals surface area contributed by atoms with E-state index in [-0.39, 0.29) is 0 Å². The molecule has 0 amide bonds. The van der Waals surface area contributed by atoms with Gasteiger partial charge in [-0.2, -0.15) is 0 Å². The van der Waals surface area contributed by atoms with Gasteiger partial charge in [-0.05, 0) is 93.0 Å². The van der Waals surface area contributed by atoms with Crippen molar-refractivity contribution < 1.29 is 4.74 Å². The van der Waals surface area contributed by atoms with Crippen LogP contribution in [0.4, 0.5) is 0 Å². The van der Waals surface area contributed by atoms with Crippen molar-refractivity contribution >= 4 is 0 Å². The number of aryl methyl sites for hydroxylation is 1. The maximum absolute atomic E-state index is 5.68. The summed E-state index contributed by atoms with van der Waals surface area (Å²) in [5, 5.41) is 0. The lowest BCUT2D eigenvalue weighted by atomic mass is 9.43. The Morgan fingerprint density at radius 1 is 0.966 bits per heavy atom. The molecular weight excluding hydrogens is 354 g/mol. The van der Waals surface area contributed by atoms with E-state index in [0.29, 0.717) is 10.8 Å². The van der Waals surface area contributed by atoms with Gasteiger partial charge in [0.2, 0.25) is 0 Å². The number of hydrogen-bond acceptors (Lipinski definition) is 2. The van der Waals surface area contributed by atoms with Gasteiger partial charge in [-0.1, -0.05) is 44.6 Å². The molecule has 1 aromatic rings. The summed E-state index contributed by atoms with van der Waals surface area (Å²) in [6.07, 6.45) is 18.5. The number of likely N-dealkylation sites (tertiary alicyclic amines) is 1. The van der Waals surface area contributed by atoms with E-state index >= 15 is 0 Å². The average Bonchev–Trinajstić information content (AvgIpc) is 3.04. The Morgan fingerprint density at radius 3 is 2.55 bits per heavy atom. The van der Waals surface area contributed by atoms with Crippen molar-refractivity contribution in [1.82, 2.24) is 4.90 Å². The molecule has 29 heavy (non-hydrogen) atoms. The fraction of sp³-hybridized carbons (Fsp3) is 0.778. The van der Waals surface area contributed by atoms with Crippen LogP contribution in [0, 0.1) is 11.3 Å². The molecule has 2 nitrogen and oxygen atoms in total. The van der Waals surface area contributed by atoms with Crippen LogP contribution < -0.4 is 4.74 Å². The van der Waals surface area contributed by atoms with Gasteiger partial charge in [0, 0.05) is 18.0 Å². The molecule has 1 saturated heterocycles. The van der Waals surface area contributed by atoms with Gasteiger partial charge in [-0.3, -0.25) is 4.90 Å². The third kappa shape index (κ3) is 3.16. The maximum Gasteiger partial charge on any atom is 0.119 e. The van der Waals surface area contributed by atoms with Crippen molar-refractivity contribution in [1.29, 1.82) is 0 Å². The second kappa shape index (κ2) is 7.91. The van der Waals surface area contributed by atoms with E-state index in [0.717, 1.165) is 17.7 Å². The summed E-state index contributed by atoms with van der Waals surface area (Å²) in [6, 6.07) is 7.72. The zero-order valence-corrected chi connectivity index (χ0v) is 18.8. The van der Waals surface area contributed by atoms with Gasteiger partial charge >= 0.3 is 0 Å². The van der Waals surface area contributed by atoms with E-state index in [1.165, 1.54) is 96.6 Å². The van der Waals surface area contributed by atoms with Crippen LogP contribution in [0.5, 0.6) is 5.75 Å². The van der Waals surface area contributed by atoms with Crippen LogP contribution in [-0.4, -0.2) is 31.1 Å². The monoisotopic (exact) mass is 395 g/mol. The predicted molar refractivity (Wildman–Crippen MR) is 121 cm³/mol. The Bertz CT molecular complexity index is 721.